The lowest BCUT2D eigenvalue weighted by Crippen LogP contribution is -2.03. The summed E-state index contributed by atoms with van der Waals surface area (Å²) < 4.78 is 0.911. The van der Waals surface area contributed by atoms with Crippen LogP contribution in [0.4, 0.5) is 0 Å². The number of aromatic nitrogens is 2. The molecular weight excluding hydrogens is 298 g/mol. The molecule has 13 heavy (non-hydrogen) atoms. The molecule has 0 radical (unpaired) electrons. The number of hydrogen-bond acceptors (Lipinski definition) is 2. The molecule has 0 spiro atoms. The van der Waals surface area contributed by atoms with Gasteiger partial charge in [0, 0.05) is 12.1 Å². The highest BCUT2D eigenvalue weighted by Gasteiger charge is 2.11. The average Bonchev–Trinajstić information content (AvgIpc) is 2.13. The molecule has 0 unspecified atom stereocenters. The highest BCUT2D eigenvalue weighted by molar-refractivity contribution is 14.1. The molecule has 0 atom stereocenters. The van der Waals surface area contributed by atoms with Gasteiger partial charge in [-0.3, -0.25) is 0 Å². The summed E-state index contributed by atoms with van der Waals surface area (Å²) in [5.74, 6) is 1.31. The fraction of sp³-hybridized carbons (Fsp3) is 0.556. The van der Waals surface area contributed by atoms with Crippen molar-refractivity contribution in [2.75, 3.05) is 0 Å². The van der Waals surface area contributed by atoms with E-state index in [2.05, 4.69) is 46.4 Å². The monoisotopic (exact) mass is 310 g/mol. The summed E-state index contributed by atoms with van der Waals surface area (Å²) in [7, 11) is 0. The van der Waals surface area contributed by atoms with Crippen molar-refractivity contribution < 1.29 is 0 Å². The van der Waals surface area contributed by atoms with Gasteiger partial charge >= 0.3 is 0 Å². The van der Waals surface area contributed by atoms with Gasteiger partial charge in [0.2, 0.25) is 0 Å². The van der Waals surface area contributed by atoms with E-state index < -0.39 is 0 Å². The van der Waals surface area contributed by atoms with Crippen LogP contribution in [0.2, 0.25) is 5.15 Å². The van der Waals surface area contributed by atoms with Crippen molar-refractivity contribution in [2.24, 2.45) is 0 Å². The van der Waals surface area contributed by atoms with Crippen LogP contribution in [-0.2, 0) is 0 Å². The van der Waals surface area contributed by atoms with Crippen LogP contribution < -0.4 is 0 Å². The van der Waals surface area contributed by atoms with E-state index in [0.717, 1.165) is 22.2 Å². The molecule has 1 aromatic rings. The Hall–Kier alpha value is 0.1000. The van der Waals surface area contributed by atoms with E-state index in [1.807, 2.05) is 0 Å². The second-order valence-corrected chi connectivity index (χ2v) is 4.40. The Bertz CT molecular complexity index is 287. The highest BCUT2D eigenvalue weighted by atomic mass is 127. The summed E-state index contributed by atoms with van der Waals surface area (Å²) in [5, 5.41) is 0.567. The van der Waals surface area contributed by atoms with E-state index in [0.29, 0.717) is 11.1 Å². The number of rotatable bonds is 3. The highest BCUT2D eigenvalue weighted by Crippen LogP contribution is 2.22. The van der Waals surface area contributed by atoms with Crippen LogP contribution in [0.15, 0.2) is 6.20 Å². The van der Waals surface area contributed by atoms with Crippen LogP contribution in [-0.4, -0.2) is 9.97 Å². The fourth-order valence-electron chi connectivity index (χ4n) is 1.21. The average molecular weight is 311 g/mol. The molecule has 0 aliphatic rings. The summed E-state index contributed by atoms with van der Waals surface area (Å²) >= 11 is 8.04. The van der Waals surface area contributed by atoms with Gasteiger partial charge in [-0.1, -0.05) is 25.4 Å². The molecule has 0 saturated carbocycles. The summed E-state index contributed by atoms with van der Waals surface area (Å²) in [6.45, 7) is 4.28. The lowest BCUT2D eigenvalue weighted by Gasteiger charge is -2.10. The molecule has 0 fully saturated rings. The zero-order chi connectivity index (χ0) is 9.84. The molecule has 1 rings (SSSR count). The molecule has 1 heterocycles. The van der Waals surface area contributed by atoms with Gasteiger partial charge in [-0.15, -0.1) is 0 Å². The maximum atomic E-state index is 5.91. The van der Waals surface area contributed by atoms with Crippen LogP contribution in [0.3, 0.4) is 0 Å². The van der Waals surface area contributed by atoms with Crippen LogP contribution in [0.1, 0.15) is 38.4 Å². The van der Waals surface area contributed by atoms with E-state index in [1.165, 1.54) is 0 Å². The van der Waals surface area contributed by atoms with Gasteiger partial charge in [-0.2, -0.15) is 0 Å². The Balaban J connectivity index is 2.95. The second kappa shape index (κ2) is 5.10. The van der Waals surface area contributed by atoms with Gasteiger partial charge < -0.3 is 0 Å². The molecule has 1 aromatic heterocycles. The van der Waals surface area contributed by atoms with Crippen molar-refractivity contribution >= 4 is 34.2 Å². The van der Waals surface area contributed by atoms with Crippen molar-refractivity contribution in [2.45, 2.75) is 32.6 Å². The van der Waals surface area contributed by atoms with E-state index in [1.54, 1.807) is 6.20 Å². The topological polar surface area (TPSA) is 25.8 Å². The standard InChI is InChI=1S/C9H12ClIN2/c1-3-6(4-2)9-12-5-7(11)8(10)13-9/h5-6H,3-4H2,1-2H3. The molecule has 0 amide bonds. The van der Waals surface area contributed by atoms with Gasteiger partial charge in [-0.25, -0.2) is 9.97 Å². The number of halogens is 2. The van der Waals surface area contributed by atoms with E-state index in [4.69, 9.17) is 11.6 Å². The summed E-state index contributed by atoms with van der Waals surface area (Å²) in [5.41, 5.74) is 0. The van der Waals surface area contributed by atoms with Crippen LogP contribution in [0.25, 0.3) is 0 Å². The third-order valence-corrected chi connectivity index (χ3v) is 3.47. The Morgan fingerprint density at radius 2 is 2.08 bits per heavy atom. The SMILES string of the molecule is CCC(CC)c1ncc(I)c(Cl)n1. The lowest BCUT2D eigenvalue weighted by molar-refractivity contribution is 0.601. The minimum atomic E-state index is 0.439. The van der Waals surface area contributed by atoms with Crippen molar-refractivity contribution in [1.82, 2.24) is 9.97 Å². The molecule has 0 aliphatic carbocycles. The normalized spacial score (nSPS) is 10.8. The van der Waals surface area contributed by atoms with Crippen molar-refractivity contribution in [3.05, 3.63) is 20.7 Å². The molecule has 0 aliphatic heterocycles. The molecule has 0 bridgehead atoms. The second-order valence-electron chi connectivity index (χ2n) is 2.88. The third kappa shape index (κ3) is 2.77. The molecule has 4 heteroatoms. The first-order chi connectivity index (χ1) is 6.19. The first-order valence-electron chi connectivity index (χ1n) is 4.37. The molecule has 2 nitrogen and oxygen atoms in total. The number of hydrogen-bond donors (Lipinski definition) is 0. The summed E-state index contributed by atoms with van der Waals surface area (Å²) in [6.07, 6.45) is 3.91. The van der Waals surface area contributed by atoms with E-state index in [9.17, 15) is 0 Å². The lowest BCUT2D eigenvalue weighted by atomic mass is 10.0. The van der Waals surface area contributed by atoms with Crippen LogP contribution in [0.5, 0.6) is 0 Å². The molecule has 0 aromatic carbocycles. The minimum absolute atomic E-state index is 0.439. The molecule has 0 N–H and O–H groups in total. The largest absolute Gasteiger partial charge is 0.240 e. The smallest absolute Gasteiger partial charge is 0.146 e. The van der Waals surface area contributed by atoms with Crippen molar-refractivity contribution in [1.29, 1.82) is 0 Å². The Kier molecular flexibility index (Phi) is 4.38. The van der Waals surface area contributed by atoms with Gasteiger partial charge in [-0.05, 0) is 35.4 Å². The van der Waals surface area contributed by atoms with Crippen molar-refractivity contribution in [3.63, 3.8) is 0 Å². The molecule has 72 valence electrons. The van der Waals surface area contributed by atoms with Crippen molar-refractivity contribution in [3.8, 4) is 0 Å². The van der Waals surface area contributed by atoms with E-state index >= 15 is 0 Å². The van der Waals surface area contributed by atoms with Gasteiger partial charge in [0.25, 0.3) is 0 Å². The quantitative estimate of drug-likeness (QED) is 0.629. The first-order valence-corrected chi connectivity index (χ1v) is 5.82. The maximum absolute atomic E-state index is 5.91. The zero-order valence-corrected chi connectivity index (χ0v) is 10.6. The van der Waals surface area contributed by atoms with Gasteiger partial charge in [0.1, 0.15) is 11.0 Å². The molecule has 0 saturated heterocycles. The fourth-order valence-corrected chi connectivity index (χ4v) is 1.60. The Morgan fingerprint density at radius 1 is 1.46 bits per heavy atom. The third-order valence-electron chi connectivity index (χ3n) is 2.07. The molecular formula is C9H12ClIN2. The summed E-state index contributed by atoms with van der Waals surface area (Å²) in [6, 6.07) is 0. The van der Waals surface area contributed by atoms with E-state index in [-0.39, 0.29) is 0 Å². The van der Waals surface area contributed by atoms with Crippen LogP contribution >= 0.6 is 34.2 Å². The number of nitrogens with zero attached hydrogens (tertiary/aromatic N) is 2. The first kappa shape index (κ1) is 11.2. The predicted octanol–water partition coefficient (Wildman–Crippen LogP) is 3.64. The predicted molar refractivity (Wildman–Crippen MR) is 63.1 cm³/mol. The van der Waals surface area contributed by atoms with Gasteiger partial charge in [0.05, 0.1) is 3.57 Å². The Morgan fingerprint density at radius 3 is 2.54 bits per heavy atom. The summed E-state index contributed by atoms with van der Waals surface area (Å²) in [4.78, 5) is 8.54. The minimum Gasteiger partial charge on any atom is -0.240 e. The Labute approximate surface area is 97.3 Å². The van der Waals surface area contributed by atoms with Crippen LogP contribution in [0, 0.1) is 3.57 Å². The van der Waals surface area contributed by atoms with Gasteiger partial charge in [0.15, 0.2) is 0 Å². The maximum Gasteiger partial charge on any atom is 0.146 e. The zero-order valence-electron chi connectivity index (χ0n) is 7.72.